The van der Waals surface area contributed by atoms with Gasteiger partial charge >= 0.3 is 10.1 Å². The molecule has 9 heteroatoms. The van der Waals surface area contributed by atoms with E-state index < -0.39 is 16.0 Å². The minimum absolute atomic E-state index is 0.00179. The maximum Gasteiger partial charge on any atom is 0.339 e. The number of hydrogen-bond acceptors (Lipinski definition) is 6. The molecule has 0 radical (unpaired) electrons. The first-order valence-electron chi connectivity index (χ1n) is 12.4. The molecule has 37 heavy (non-hydrogen) atoms. The van der Waals surface area contributed by atoms with Gasteiger partial charge in [-0.1, -0.05) is 33.6 Å². The van der Waals surface area contributed by atoms with E-state index in [2.05, 4.69) is 36.8 Å². The van der Waals surface area contributed by atoms with E-state index in [0.717, 1.165) is 42.6 Å². The number of benzene rings is 2. The summed E-state index contributed by atoms with van der Waals surface area (Å²) in [4.78, 5) is 29.1. The van der Waals surface area contributed by atoms with Crippen molar-refractivity contribution >= 4 is 53.5 Å². The smallest absolute Gasteiger partial charge is 0.339 e. The second-order valence-electron chi connectivity index (χ2n) is 9.61. The van der Waals surface area contributed by atoms with Crippen molar-refractivity contribution < 1.29 is 22.2 Å². The molecular weight excluding hydrogens is 622 g/mol. The summed E-state index contributed by atoms with van der Waals surface area (Å²) in [5, 5.41) is 0. The van der Waals surface area contributed by atoms with Crippen molar-refractivity contribution in [3.63, 3.8) is 0 Å². The first-order valence-corrected chi connectivity index (χ1v) is 15.4. The Bertz CT molecular complexity index is 1430. The van der Waals surface area contributed by atoms with Crippen LogP contribution in [-0.2, 0) is 19.7 Å². The van der Waals surface area contributed by atoms with Crippen LogP contribution < -0.4 is 4.18 Å². The molecule has 0 unspecified atom stereocenters. The molecule has 5 rings (SSSR count). The number of halogens is 2. The minimum Gasteiger partial charge on any atom is -0.377 e. The van der Waals surface area contributed by atoms with Gasteiger partial charge in [-0.25, -0.2) is 0 Å². The number of carbonyl (C=O) groups excluding carboxylic acids is 2. The number of aryl methyl sites for hydroxylation is 1. The van der Waals surface area contributed by atoms with Crippen molar-refractivity contribution in [3.05, 3.63) is 79.0 Å². The van der Waals surface area contributed by atoms with E-state index in [1.54, 1.807) is 24.3 Å². The Hall–Kier alpha value is -2.23. The molecule has 2 aromatic carbocycles. The molecular formula is C28H27Br2NO5S. The van der Waals surface area contributed by atoms with Gasteiger partial charge in [0, 0.05) is 57.9 Å². The van der Waals surface area contributed by atoms with Gasteiger partial charge in [0.15, 0.2) is 17.3 Å². The van der Waals surface area contributed by atoms with Crippen LogP contribution in [0.1, 0.15) is 62.5 Å². The molecule has 0 amide bonds. The Morgan fingerprint density at radius 3 is 2.03 bits per heavy atom. The highest BCUT2D eigenvalue weighted by Gasteiger charge is 2.44. The lowest BCUT2D eigenvalue weighted by Gasteiger charge is -2.43. The minimum atomic E-state index is -4.19. The summed E-state index contributed by atoms with van der Waals surface area (Å²) < 4.78 is 33.6. The second kappa shape index (κ2) is 10.2. The number of rotatable bonds is 5. The number of nitrogens with zero attached hydrogens (tertiary/aromatic N) is 1. The Labute approximate surface area is 234 Å². The van der Waals surface area contributed by atoms with Crippen molar-refractivity contribution in [1.82, 2.24) is 4.90 Å². The Kier molecular flexibility index (Phi) is 7.24. The average molecular weight is 649 g/mol. The van der Waals surface area contributed by atoms with Gasteiger partial charge in [-0.05, 0) is 79.7 Å². The maximum absolute atomic E-state index is 13.5. The lowest BCUT2D eigenvalue weighted by atomic mass is 9.70. The third kappa shape index (κ3) is 4.74. The van der Waals surface area contributed by atoms with Gasteiger partial charge in [-0.2, -0.15) is 8.42 Å². The third-order valence-electron chi connectivity index (χ3n) is 7.25. The zero-order valence-corrected chi connectivity index (χ0v) is 24.6. The standard InChI is InChI=1S/C28H27Br2NO5S/c1-3-31-21-6-4-8-23(32)26(21)25(27-22(31)7-5-9-24(27)33)19-14-17(29)15-20(30)28(19)36-37(34,35)18-12-10-16(2)11-13-18/h10-15,25H,3-9H2,1-2H3. The highest BCUT2D eigenvalue weighted by atomic mass is 79.9. The number of carbonyl (C=O) groups is 2. The molecule has 0 fully saturated rings. The zero-order chi connectivity index (χ0) is 26.5. The molecule has 194 valence electrons. The Balaban J connectivity index is 1.74. The summed E-state index contributed by atoms with van der Waals surface area (Å²) in [7, 11) is -4.19. The summed E-state index contributed by atoms with van der Waals surface area (Å²) in [6, 6.07) is 9.92. The van der Waals surface area contributed by atoms with Gasteiger partial charge in [0.25, 0.3) is 0 Å². The topological polar surface area (TPSA) is 80.8 Å². The number of Topliss-reactive ketones (excluding diaryl/α,β-unsaturated/α-hetero) is 2. The van der Waals surface area contributed by atoms with E-state index in [1.807, 2.05) is 13.8 Å². The third-order valence-corrected chi connectivity index (χ3v) is 9.54. The Morgan fingerprint density at radius 1 is 0.919 bits per heavy atom. The van der Waals surface area contributed by atoms with Gasteiger partial charge in [0.1, 0.15) is 4.90 Å². The van der Waals surface area contributed by atoms with Crippen molar-refractivity contribution in [2.75, 3.05) is 6.54 Å². The van der Waals surface area contributed by atoms with Crippen LogP contribution in [0.5, 0.6) is 5.75 Å². The first-order chi connectivity index (χ1) is 17.6. The maximum atomic E-state index is 13.5. The molecule has 0 spiro atoms. The molecule has 1 aliphatic heterocycles. The van der Waals surface area contributed by atoms with Gasteiger partial charge in [0.2, 0.25) is 0 Å². The SMILES string of the molecule is CCN1C2=C(C(=O)CCC2)C(c2cc(Br)cc(Br)c2OS(=O)(=O)c2ccc(C)cc2)C2=C1CCCC2=O. The highest BCUT2D eigenvalue weighted by molar-refractivity contribution is 9.11. The second-order valence-corrected chi connectivity index (χ2v) is 12.9. The summed E-state index contributed by atoms with van der Waals surface area (Å²) in [5.41, 5.74) is 4.48. The first kappa shape index (κ1) is 26.4. The number of hydrogen-bond donors (Lipinski definition) is 0. The lowest BCUT2D eigenvalue weighted by molar-refractivity contribution is -0.117. The fourth-order valence-electron chi connectivity index (χ4n) is 5.65. The summed E-state index contributed by atoms with van der Waals surface area (Å²) in [6.45, 7) is 4.58. The number of allylic oxidation sites excluding steroid dienone is 4. The summed E-state index contributed by atoms with van der Waals surface area (Å²) in [5.74, 6) is -0.601. The fraction of sp³-hybridized carbons (Fsp3) is 0.357. The van der Waals surface area contributed by atoms with Crippen molar-refractivity contribution in [2.24, 2.45) is 0 Å². The van der Waals surface area contributed by atoms with Gasteiger partial charge in [-0.3, -0.25) is 9.59 Å². The highest BCUT2D eigenvalue weighted by Crippen LogP contribution is 2.52. The van der Waals surface area contributed by atoms with Gasteiger partial charge < -0.3 is 9.08 Å². The van der Waals surface area contributed by atoms with Gasteiger partial charge in [0.05, 0.1) is 4.47 Å². The molecule has 3 aliphatic rings. The average Bonchev–Trinajstić information content (AvgIpc) is 2.85. The van der Waals surface area contributed by atoms with Crippen LogP contribution in [0.4, 0.5) is 0 Å². The Morgan fingerprint density at radius 2 is 1.49 bits per heavy atom. The largest absolute Gasteiger partial charge is 0.377 e. The summed E-state index contributed by atoms with van der Waals surface area (Å²) >= 11 is 7.03. The van der Waals surface area contributed by atoms with E-state index in [1.165, 1.54) is 12.1 Å². The van der Waals surface area contributed by atoms with Crippen LogP contribution >= 0.6 is 31.9 Å². The van der Waals surface area contributed by atoms with Gasteiger partial charge in [-0.15, -0.1) is 0 Å². The van der Waals surface area contributed by atoms with Crippen LogP contribution in [0, 0.1) is 6.92 Å². The number of ketones is 2. The molecule has 6 nitrogen and oxygen atoms in total. The van der Waals surface area contributed by atoms with Crippen LogP contribution in [0.2, 0.25) is 0 Å². The molecule has 0 atom stereocenters. The molecule has 0 saturated heterocycles. The van der Waals surface area contributed by atoms with E-state index in [0.29, 0.717) is 45.0 Å². The quantitative estimate of drug-likeness (QED) is 0.335. The molecule has 2 aliphatic carbocycles. The van der Waals surface area contributed by atoms with Crippen LogP contribution in [-0.4, -0.2) is 31.4 Å². The van der Waals surface area contributed by atoms with E-state index in [-0.39, 0.29) is 22.2 Å². The molecule has 0 aromatic heterocycles. The molecule has 1 heterocycles. The van der Waals surface area contributed by atoms with E-state index in [9.17, 15) is 18.0 Å². The predicted molar refractivity (Wildman–Crippen MR) is 148 cm³/mol. The zero-order valence-electron chi connectivity index (χ0n) is 20.6. The predicted octanol–water partition coefficient (Wildman–Crippen LogP) is 6.72. The molecule has 0 saturated carbocycles. The van der Waals surface area contributed by atoms with Crippen molar-refractivity contribution in [3.8, 4) is 5.75 Å². The van der Waals surface area contributed by atoms with Crippen LogP contribution in [0.25, 0.3) is 0 Å². The fourth-order valence-corrected chi connectivity index (χ4v) is 8.07. The van der Waals surface area contributed by atoms with Crippen molar-refractivity contribution in [2.45, 2.75) is 63.2 Å². The molecule has 0 bridgehead atoms. The lowest BCUT2D eigenvalue weighted by Crippen LogP contribution is -2.39. The normalized spacial score (nSPS) is 18.8. The molecule has 2 aromatic rings. The van der Waals surface area contributed by atoms with Crippen molar-refractivity contribution in [1.29, 1.82) is 0 Å². The van der Waals surface area contributed by atoms with Crippen LogP contribution in [0.15, 0.2) is 72.8 Å². The van der Waals surface area contributed by atoms with E-state index in [4.69, 9.17) is 4.18 Å². The van der Waals surface area contributed by atoms with E-state index >= 15 is 0 Å². The summed E-state index contributed by atoms with van der Waals surface area (Å²) in [6.07, 6.45) is 3.79. The molecule has 0 N–H and O–H groups in total. The van der Waals surface area contributed by atoms with Crippen LogP contribution in [0.3, 0.4) is 0 Å². The monoisotopic (exact) mass is 647 g/mol.